The summed E-state index contributed by atoms with van der Waals surface area (Å²) >= 11 is 3.23. The Bertz CT molecular complexity index is 1980. The van der Waals surface area contributed by atoms with Gasteiger partial charge in [0.25, 0.3) is 0 Å². The van der Waals surface area contributed by atoms with Crippen molar-refractivity contribution in [2.75, 3.05) is 9.80 Å². The average Bonchev–Trinajstić information content (AvgIpc) is 3.60. The predicted octanol–water partition coefficient (Wildman–Crippen LogP) is 11.4. The lowest BCUT2D eigenvalue weighted by Gasteiger charge is -2.33. The Hall–Kier alpha value is -5.37. The molecule has 1 aromatic heterocycles. The summed E-state index contributed by atoms with van der Waals surface area (Å²) in [5.74, 6) is 2.38. The van der Waals surface area contributed by atoms with E-state index in [1.165, 1.54) is 32.7 Å². The van der Waals surface area contributed by atoms with Gasteiger partial charge in [0.15, 0.2) is 17.3 Å². The number of ether oxygens (including phenoxy) is 1. The molecule has 0 saturated heterocycles. The molecule has 45 heavy (non-hydrogen) atoms. The van der Waals surface area contributed by atoms with Crippen LogP contribution >= 0.6 is 23.3 Å². The van der Waals surface area contributed by atoms with E-state index in [4.69, 9.17) is 14.1 Å². The Labute approximate surface area is 269 Å². The van der Waals surface area contributed by atoms with Gasteiger partial charge in [-0.05, 0) is 84.3 Å². The minimum Gasteiger partial charge on any atom is -0.453 e. The molecule has 0 fully saturated rings. The molecule has 0 atom stereocenters. The van der Waals surface area contributed by atoms with Crippen molar-refractivity contribution in [3.8, 4) is 33.5 Å². The second-order valence-electron chi connectivity index (χ2n) is 10.8. The van der Waals surface area contributed by atoms with Gasteiger partial charge in [0.2, 0.25) is 0 Å². The van der Waals surface area contributed by atoms with Crippen molar-refractivity contribution in [1.82, 2.24) is 9.36 Å². The number of benzene rings is 6. The maximum atomic E-state index is 6.22. The van der Waals surface area contributed by atoms with Crippen molar-refractivity contribution < 1.29 is 4.74 Å². The van der Waals surface area contributed by atoms with E-state index in [0.717, 1.165) is 56.2 Å². The molecule has 0 bridgehead atoms. The van der Waals surface area contributed by atoms with Gasteiger partial charge in [0.05, 0.1) is 22.7 Å². The van der Waals surface area contributed by atoms with Crippen molar-refractivity contribution in [2.24, 2.45) is 0 Å². The van der Waals surface area contributed by atoms with Crippen LogP contribution in [0.15, 0.2) is 155 Å². The fourth-order valence-corrected chi connectivity index (χ4v) is 7.72. The van der Waals surface area contributed by atoms with Gasteiger partial charge in [0, 0.05) is 32.3 Å². The number of rotatable bonds is 4. The van der Waals surface area contributed by atoms with Crippen LogP contribution in [0, 0.1) is 0 Å². The molecule has 0 amide bonds. The van der Waals surface area contributed by atoms with Gasteiger partial charge < -0.3 is 14.5 Å². The zero-order valence-electron chi connectivity index (χ0n) is 23.9. The number of nitrogens with zero attached hydrogens (tertiary/aromatic N) is 4. The monoisotopic (exact) mass is 616 g/mol. The second kappa shape index (κ2) is 10.7. The number of fused-ring (bicyclic) bond motifs is 4. The van der Waals surface area contributed by atoms with E-state index in [2.05, 4.69) is 119 Å². The molecule has 2 aliphatic heterocycles. The zero-order chi connectivity index (χ0) is 29.7. The highest BCUT2D eigenvalue weighted by molar-refractivity contribution is 7.99. The highest BCUT2D eigenvalue weighted by Gasteiger charge is 2.27. The van der Waals surface area contributed by atoms with Crippen LogP contribution in [0.4, 0.5) is 34.1 Å². The first-order chi connectivity index (χ1) is 22.3. The fourth-order valence-electron chi connectivity index (χ4n) is 5.99. The molecule has 3 heterocycles. The highest BCUT2D eigenvalue weighted by atomic mass is 32.2. The third-order valence-corrected chi connectivity index (χ3v) is 9.90. The molecule has 6 aromatic carbocycles. The van der Waals surface area contributed by atoms with Crippen molar-refractivity contribution >= 4 is 57.4 Å². The van der Waals surface area contributed by atoms with E-state index in [9.17, 15) is 0 Å². The summed E-state index contributed by atoms with van der Waals surface area (Å²) in [6, 6.07) is 50.4. The van der Waals surface area contributed by atoms with E-state index in [1.54, 1.807) is 0 Å². The predicted molar refractivity (Wildman–Crippen MR) is 184 cm³/mol. The van der Waals surface area contributed by atoms with E-state index in [1.807, 2.05) is 48.2 Å². The first-order valence-corrected chi connectivity index (χ1v) is 16.3. The van der Waals surface area contributed by atoms with E-state index in [-0.39, 0.29) is 0 Å². The zero-order valence-corrected chi connectivity index (χ0v) is 25.5. The summed E-state index contributed by atoms with van der Waals surface area (Å²) in [5.41, 5.74) is 8.47. The van der Waals surface area contributed by atoms with Gasteiger partial charge in [-0.15, -0.1) is 0 Å². The van der Waals surface area contributed by atoms with Crippen LogP contribution in [0.5, 0.6) is 11.5 Å². The summed E-state index contributed by atoms with van der Waals surface area (Å²) in [4.78, 5) is 12.1. The standard InChI is InChI=1S/C38H24N4OS2/c1-5-19-33-29(15-1)41(30-16-2-6-20-34(30)43-33)28-14-10-12-26(24-28)38-39-37(40-45-38)25-11-9-13-27(23-25)42-31-17-3-7-21-35(31)44-36-22-8-4-18-32(36)42/h1-24H. The first kappa shape index (κ1) is 26.1. The van der Waals surface area contributed by atoms with Crippen LogP contribution in [0.3, 0.4) is 0 Å². The molecule has 214 valence electrons. The summed E-state index contributed by atoms with van der Waals surface area (Å²) in [6.45, 7) is 0. The third kappa shape index (κ3) is 4.47. The molecule has 7 aromatic rings. The van der Waals surface area contributed by atoms with Crippen molar-refractivity contribution in [3.05, 3.63) is 146 Å². The molecule has 0 N–H and O–H groups in total. The Morgan fingerprint density at radius 3 is 1.64 bits per heavy atom. The van der Waals surface area contributed by atoms with Crippen molar-refractivity contribution in [2.45, 2.75) is 9.79 Å². The van der Waals surface area contributed by atoms with E-state index in [0.29, 0.717) is 0 Å². The normalized spacial score (nSPS) is 12.9. The average molecular weight is 617 g/mol. The Morgan fingerprint density at radius 1 is 0.489 bits per heavy atom. The van der Waals surface area contributed by atoms with Crippen LogP contribution in [0.2, 0.25) is 0 Å². The molecule has 0 radical (unpaired) electrons. The largest absolute Gasteiger partial charge is 0.453 e. The molecule has 2 aliphatic rings. The van der Waals surface area contributed by atoms with Gasteiger partial charge in [-0.1, -0.05) is 84.6 Å². The number of hydrogen-bond donors (Lipinski definition) is 0. The summed E-state index contributed by atoms with van der Waals surface area (Å²) in [6.07, 6.45) is 0. The van der Waals surface area contributed by atoms with Crippen molar-refractivity contribution in [1.29, 1.82) is 0 Å². The number of aromatic nitrogens is 2. The molecule has 0 unspecified atom stereocenters. The summed E-state index contributed by atoms with van der Waals surface area (Å²) in [5, 5.41) is 0.872. The SMILES string of the molecule is c1cc(-c2nc(-c3cccc(N4c5ccccc5Sc5ccccc54)c3)ns2)cc(N2c3ccccc3Oc3ccccc32)c1. The summed E-state index contributed by atoms with van der Waals surface area (Å²) < 4.78 is 11.0. The molecule has 0 aliphatic carbocycles. The van der Waals surface area contributed by atoms with Gasteiger partial charge in [-0.25, -0.2) is 4.98 Å². The maximum Gasteiger partial charge on any atom is 0.173 e. The minimum absolute atomic E-state index is 0.720. The maximum absolute atomic E-state index is 6.22. The third-order valence-electron chi connectivity index (χ3n) is 8.00. The molecule has 0 saturated carbocycles. The van der Waals surface area contributed by atoms with Crippen molar-refractivity contribution in [3.63, 3.8) is 0 Å². The second-order valence-corrected chi connectivity index (χ2v) is 12.6. The Morgan fingerprint density at radius 2 is 1.00 bits per heavy atom. The van der Waals surface area contributed by atoms with Gasteiger partial charge >= 0.3 is 0 Å². The fraction of sp³-hybridized carbons (Fsp3) is 0. The Balaban J connectivity index is 1.08. The molecule has 5 nitrogen and oxygen atoms in total. The highest BCUT2D eigenvalue weighted by Crippen LogP contribution is 2.52. The minimum atomic E-state index is 0.720. The topological polar surface area (TPSA) is 41.5 Å². The summed E-state index contributed by atoms with van der Waals surface area (Å²) in [7, 11) is 0. The van der Waals surface area contributed by atoms with Crippen LogP contribution in [0.1, 0.15) is 0 Å². The van der Waals surface area contributed by atoms with Crippen LogP contribution in [-0.2, 0) is 0 Å². The smallest absolute Gasteiger partial charge is 0.173 e. The number of para-hydroxylation sites is 6. The van der Waals surface area contributed by atoms with Crippen LogP contribution < -0.4 is 14.5 Å². The molecular weight excluding hydrogens is 593 g/mol. The van der Waals surface area contributed by atoms with Gasteiger partial charge in [-0.2, -0.15) is 4.37 Å². The first-order valence-electron chi connectivity index (χ1n) is 14.7. The van der Waals surface area contributed by atoms with Crippen LogP contribution in [0.25, 0.3) is 22.0 Å². The van der Waals surface area contributed by atoms with Crippen LogP contribution in [-0.4, -0.2) is 9.36 Å². The number of anilines is 6. The van der Waals surface area contributed by atoms with E-state index < -0.39 is 0 Å². The lowest BCUT2D eigenvalue weighted by atomic mass is 10.1. The van der Waals surface area contributed by atoms with Gasteiger partial charge in [0.1, 0.15) is 5.01 Å². The molecule has 7 heteroatoms. The molecular formula is C38H24N4OS2. The number of hydrogen-bond acceptors (Lipinski definition) is 7. The Kier molecular flexibility index (Phi) is 6.18. The van der Waals surface area contributed by atoms with Gasteiger partial charge in [-0.3, -0.25) is 0 Å². The molecule has 0 spiro atoms. The lowest BCUT2D eigenvalue weighted by molar-refractivity contribution is 0.477. The molecule has 9 rings (SSSR count). The van der Waals surface area contributed by atoms with E-state index >= 15 is 0 Å². The quantitative estimate of drug-likeness (QED) is 0.196. The lowest BCUT2D eigenvalue weighted by Crippen LogP contribution is -2.15.